The molecule has 0 saturated carbocycles. The molecule has 142 valence electrons. The average molecular weight is 368 g/mol. The first-order valence-electron chi connectivity index (χ1n) is 8.78. The lowest BCUT2D eigenvalue weighted by molar-refractivity contribution is -0.121. The van der Waals surface area contributed by atoms with Crippen molar-refractivity contribution >= 4 is 17.6 Å². The van der Waals surface area contributed by atoms with Crippen LogP contribution in [-0.2, 0) is 11.3 Å². The van der Waals surface area contributed by atoms with E-state index in [-0.39, 0.29) is 24.0 Å². The van der Waals surface area contributed by atoms with Crippen LogP contribution in [0.5, 0.6) is 5.75 Å². The Morgan fingerprint density at radius 3 is 2.37 bits per heavy atom. The minimum Gasteiger partial charge on any atom is -0.497 e. The number of amides is 2. The number of nitrogens with one attached hydrogen (secondary N) is 2. The number of carbonyl (C=O) groups is 3. The summed E-state index contributed by atoms with van der Waals surface area (Å²) < 4.78 is 5.07. The maximum atomic E-state index is 12.1. The summed E-state index contributed by atoms with van der Waals surface area (Å²) in [5, 5.41) is 5.38. The van der Waals surface area contributed by atoms with E-state index < -0.39 is 0 Å². The highest BCUT2D eigenvalue weighted by molar-refractivity contribution is 5.96. The van der Waals surface area contributed by atoms with Crippen molar-refractivity contribution in [3.05, 3.63) is 65.2 Å². The number of rotatable bonds is 9. The minimum absolute atomic E-state index is 0.00346. The predicted molar refractivity (Wildman–Crippen MR) is 103 cm³/mol. The number of ketones is 1. The van der Waals surface area contributed by atoms with E-state index in [9.17, 15) is 14.4 Å². The molecule has 2 amide bonds. The van der Waals surface area contributed by atoms with Gasteiger partial charge in [0.25, 0.3) is 5.91 Å². The van der Waals surface area contributed by atoms with Crippen LogP contribution in [0.2, 0.25) is 0 Å². The van der Waals surface area contributed by atoms with Gasteiger partial charge in [0, 0.05) is 37.6 Å². The summed E-state index contributed by atoms with van der Waals surface area (Å²) in [6, 6.07) is 14.0. The Morgan fingerprint density at radius 2 is 1.70 bits per heavy atom. The van der Waals surface area contributed by atoms with Gasteiger partial charge in [-0.05, 0) is 48.4 Å². The zero-order valence-corrected chi connectivity index (χ0v) is 15.6. The lowest BCUT2D eigenvalue weighted by Gasteiger charge is -2.07. The molecule has 0 aliphatic heterocycles. The van der Waals surface area contributed by atoms with Crippen molar-refractivity contribution in [1.82, 2.24) is 10.6 Å². The molecule has 0 spiro atoms. The highest BCUT2D eigenvalue weighted by Gasteiger charge is 2.09. The van der Waals surface area contributed by atoms with Crippen molar-refractivity contribution in [2.45, 2.75) is 25.8 Å². The third-order valence-corrected chi connectivity index (χ3v) is 4.13. The Labute approximate surface area is 158 Å². The van der Waals surface area contributed by atoms with Crippen LogP contribution < -0.4 is 15.4 Å². The van der Waals surface area contributed by atoms with Crippen molar-refractivity contribution < 1.29 is 19.1 Å². The monoisotopic (exact) mass is 368 g/mol. The molecule has 0 radical (unpaired) electrons. The fourth-order valence-corrected chi connectivity index (χ4v) is 2.59. The molecule has 0 bridgehead atoms. The normalized spacial score (nSPS) is 10.1. The summed E-state index contributed by atoms with van der Waals surface area (Å²) in [6.45, 7) is 0.343. The van der Waals surface area contributed by atoms with Crippen molar-refractivity contribution in [3.8, 4) is 5.75 Å². The third kappa shape index (κ3) is 6.26. The van der Waals surface area contributed by atoms with Gasteiger partial charge in [-0.2, -0.15) is 0 Å². The molecule has 0 aromatic heterocycles. The molecular weight excluding hydrogens is 344 g/mol. The Morgan fingerprint density at radius 1 is 0.963 bits per heavy atom. The molecule has 0 saturated heterocycles. The van der Waals surface area contributed by atoms with Gasteiger partial charge in [-0.3, -0.25) is 14.4 Å². The van der Waals surface area contributed by atoms with Gasteiger partial charge in [-0.15, -0.1) is 0 Å². The topological polar surface area (TPSA) is 84.5 Å². The number of ether oxygens (including phenoxy) is 1. The van der Waals surface area contributed by atoms with Crippen LogP contribution in [0.1, 0.15) is 45.5 Å². The lowest BCUT2D eigenvalue weighted by Crippen LogP contribution is -2.23. The molecule has 0 aliphatic rings. The van der Waals surface area contributed by atoms with E-state index in [2.05, 4.69) is 10.6 Å². The van der Waals surface area contributed by atoms with Crippen LogP contribution in [-0.4, -0.2) is 31.8 Å². The fraction of sp³-hybridized carbons (Fsp3) is 0.286. The van der Waals surface area contributed by atoms with Gasteiger partial charge in [-0.25, -0.2) is 0 Å². The van der Waals surface area contributed by atoms with Gasteiger partial charge >= 0.3 is 0 Å². The number of Topliss-reactive ketones (excluding diaryl/α,β-unsaturated/α-hetero) is 1. The molecule has 0 aliphatic carbocycles. The molecule has 2 aromatic carbocycles. The quantitative estimate of drug-likeness (QED) is 0.667. The molecule has 0 unspecified atom stereocenters. The smallest absolute Gasteiger partial charge is 0.251 e. The summed E-state index contributed by atoms with van der Waals surface area (Å²) in [5.74, 6) is 0.415. The van der Waals surface area contributed by atoms with Crippen LogP contribution in [0.15, 0.2) is 48.5 Å². The molecule has 0 atom stereocenters. The van der Waals surface area contributed by atoms with Crippen molar-refractivity contribution in [2.24, 2.45) is 0 Å². The van der Waals surface area contributed by atoms with Gasteiger partial charge in [0.15, 0.2) is 5.78 Å². The first-order chi connectivity index (χ1) is 13.0. The minimum atomic E-state index is -0.166. The Bertz CT molecular complexity index is 800. The van der Waals surface area contributed by atoms with E-state index in [1.54, 1.807) is 56.6 Å². The second-order valence-electron chi connectivity index (χ2n) is 6.06. The maximum Gasteiger partial charge on any atom is 0.251 e. The number of methoxy groups -OCH3 is 1. The van der Waals surface area contributed by atoms with Crippen molar-refractivity contribution in [2.75, 3.05) is 14.2 Å². The van der Waals surface area contributed by atoms with Crippen LogP contribution in [0.4, 0.5) is 0 Å². The van der Waals surface area contributed by atoms with Crippen molar-refractivity contribution in [1.29, 1.82) is 0 Å². The molecule has 2 rings (SSSR count). The summed E-state index contributed by atoms with van der Waals surface area (Å²) in [5.41, 5.74) is 2.01. The predicted octanol–water partition coefficient (Wildman–Crippen LogP) is 2.72. The molecular formula is C21H24N2O4. The highest BCUT2D eigenvalue weighted by atomic mass is 16.5. The maximum absolute atomic E-state index is 12.1. The van der Waals surface area contributed by atoms with E-state index in [1.165, 1.54) is 0 Å². The van der Waals surface area contributed by atoms with Gasteiger partial charge in [0.1, 0.15) is 5.75 Å². The van der Waals surface area contributed by atoms with Gasteiger partial charge in [-0.1, -0.05) is 12.1 Å². The Kier molecular flexibility index (Phi) is 7.55. The van der Waals surface area contributed by atoms with E-state index in [1.807, 2.05) is 6.07 Å². The number of hydrogen-bond donors (Lipinski definition) is 2. The van der Waals surface area contributed by atoms with E-state index >= 15 is 0 Å². The van der Waals surface area contributed by atoms with Crippen molar-refractivity contribution in [3.63, 3.8) is 0 Å². The molecule has 2 aromatic rings. The molecule has 0 heterocycles. The highest BCUT2D eigenvalue weighted by Crippen LogP contribution is 2.14. The largest absolute Gasteiger partial charge is 0.497 e. The molecule has 0 fully saturated rings. The van der Waals surface area contributed by atoms with Gasteiger partial charge in [0.2, 0.25) is 5.91 Å². The van der Waals surface area contributed by atoms with Gasteiger partial charge < -0.3 is 15.4 Å². The number of benzene rings is 2. The molecule has 27 heavy (non-hydrogen) atoms. The summed E-state index contributed by atoms with van der Waals surface area (Å²) >= 11 is 0. The summed E-state index contributed by atoms with van der Waals surface area (Å²) in [6.07, 6.45) is 1.07. The fourth-order valence-electron chi connectivity index (χ4n) is 2.59. The standard InChI is InChI=1S/C21H24N2O4/c1-22-21(26)17-6-3-5-15(13-17)14-23-20(25)8-4-7-19(24)16-9-11-18(27-2)12-10-16/h3,5-6,9-13H,4,7-8,14H2,1-2H3,(H,22,26)(H,23,25). The van der Waals surface area contributed by atoms with Crippen LogP contribution in [0.25, 0.3) is 0 Å². The molecule has 6 heteroatoms. The number of hydrogen-bond acceptors (Lipinski definition) is 4. The van der Waals surface area contributed by atoms with E-state index in [0.29, 0.717) is 36.3 Å². The zero-order chi connectivity index (χ0) is 19.6. The second kappa shape index (κ2) is 10.1. The van der Waals surface area contributed by atoms with Crippen LogP contribution in [0, 0.1) is 0 Å². The molecule has 2 N–H and O–H groups in total. The average Bonchev–Trinajstić information content (AvgIpc) is 2.71. The van der Waals surface area contributed by atoms with Gasteiger partial charge in [0.05, 0.1) is 7.11 Å². The van der Waals surface area contributed by atoms with E-state index in [0.717, 1.165) is 5.56 Å². The first-order valence-corrected chi connectivity index (χ1v) is 8.78. The van der Waals surface area contributed by atoms with Crippen LogP contribution >= 0.6 is 0 Å². The van der Waals surface area contributed by atoms with Crippen LogP contribution in [0.3, 0.4) is 0 Å². The second-order valence-corrected chi connectivity index (χ2v) is 6.06. The lowest BCUT2D eigenvalue weighted by atomic mass is 10.1. The summed E-state index contributed by atoms with van der Waals surface area (Å²) in [7, 11) is 3.15. The first kappa shape index (κ1) is 20.2. The number of carbonyl (C=O) groups excluding carboxylic acids is 3. The SMILES string of the molecule is CNC(=O)c1cccc(CNC(=O)CCCC(=O)c2ccc(OC)cc2)c1. The zero-order valence-electron chi connectivity index (χ0n) is 15.6. The Balaban J connectivity index is 1.74. The Hall–Kier alpha value is -3.15. The van der Waals surface area contributed by atoms with E-state index in [4.69, 9.17) is 4.74 Å². The molecule has 6 nitrogen and oxygen atoms in total. The summed E-state index contributed by atoms with van der Waals surface area (Å²) in [4.78, 5) is 35.7. The third-order valence-electron chi connectivity index (χ3n) is 4.13.